The molecule has 0 aliphatic carbocycles. The lowest BCUT2D eigenvalue weighted by Crippen LogP contribution is -2.25. The average molecular weight is 274 g/mol. The maximum atomic E-state index is 12.0. The van der Waals surface area contributed by atoms with Crippen LogP contribution in [0.1, 0.15) is 16.1 Å². The summed E-state index contributed by atoms with van der Waals surface area (Å²) in [6.45, 7) is 0.530. The lowest BCUT2D eigenvalue weighted by atomic mass is 10.1. The van der Waals surface area contributed by atoms with Crippen molar-refractivity contribution >= 4 is 11.6 Å². The molecule has 6 heteroatoms. The topological polar surface area (TPSA) is 82.2 Å². The first-order valence-corrected chi connectivity index (χ1v) is 6.28. The normalized spacial score (nSPS) is 10.3. The number of rotatable bonds is 5. The quantitative estimate of drug-likeness (QED) is 0.796. The Labute approximate surface area is 117 Å². The molecule has 20 heavy (non-hydrogen) atoms. The number of ether oxygens (including phenoxy) is 1. The predicted molar refractivity (Wildman–Crippen MR) is 76.7 cm³/mol. The Morgan fingerprint density at radius 2 is 2.30 bits per heavy atom. The zero-order chi connectivity index (χ0) is 14.5. The van der Waals surface area contributed by atoms with Gasteiger partial charge in [-0.05, 0) is 18.2 Å². The number of nitrogens with zero attached hydrogens (tertiary/aromatic N) is 2. The van der Waals surface area contributed by atoms with Crippen LogP contribution in [0.5, 0.6) is 5.75 Å². The van der Waals surface area contributed by atoms with E-state index in [-0.39, 0.29) is 5.91 Å². The Morgan fingerprint density at radius 1 is 1.50 bits per heavy atom. The molecule has 0 saturated heterocycles. The number of methoxy groups -OCH3 is 1. The number of benzene rings is 1. The van der Waals surface area contributed by atoms with Gasteiger partial charge < -0.3 is 20.4 Å². The number of aromatic nitrogens is 2. The van der Waals surface area contributed by atoms with E-state index >= 15 is 0 Å². The Bertz CT molecular complexity index is 607. The number of carbonyl (C=O) groups is 1. The molecule has 1 heterocycles. The summed E-state index contributed by atoms with van der Waals surface area (Å²) in [6, 6.07) is 4.96. The largest absolute Gasteiger partial charge is 0.495 e. The Hall–Kier alpha value is -2.50. The molecular weight excluding hydrogens is 256 g/mol. The lowest BCUT2D eigenvalue weighted by molar-refractivity contribution is 0.0954. The van der Waals surface area contributed by atoms with Gasteiger partial charge in [0.2, 0.25) is 0 Å². The van der Waals surface area contributed by atoms with Crippen molar-refractivity contribution in [1.82, 2.24) is 14.9 Å². The molecule has 0 radical (unpaired) electrons. The summed E-state index contributed by atoms with van der Waals surface area (Å²) >= 11 is 0. The van der Waals surface area contributed by atoms with Crippen molar-refractivity contribution in [1.29, 1.82) is 0 Å². The highest BCUT2D eigenvalue weighted by Gasteiger charge is 2.08. The molecule has 0 saturated carbocycles. The van der Waals surface area contributed by atoms with Gasteiger partial charge in [-0.2, -0.15) is 0 Å². The van der Waals surface area contributed by atoms with Crippen molar-refractivity contribution in [3.05, 3.63) is 42.0 Å². The molecule has 2 rings (SSSR count). The van der Waals surface area contributed by atoms with Gasteiger partial charge >= 0.3 is 0 Å². The molecule has 0 atom stereocenters. The van der Waals surface area contributed by atoms with Gasteiger partial charge in [-0.1, -0.05) is 0 Å². The molecule has 0 aliphatic heterocycles. The molecule has 0 bridgehead atoms. The van der Waals surface area contributed by atoms with Crippen LogP contribution in [0.2, 0.25) is 0 Å². The highest BCUT2D eigenvalue weighted by molar-refractivity contribution is 5.95. The Morgan fingerprint density at radius 3 is 2.95 bits per heavy atom. The Kier molecular flexibility index (Phi) is 4.24. The van der Waals surface area contributed by atoms with E-state index in [0.29, 0.717) is 30.0 Å². The number of nitrogens with two attached hydrogens (primary N) is 1. The van der Waals surface area contributed by atoms with E-state index in [9.17, 15) is 4.79 Å². The molecule has 2 aromatic rings. The van der Waals surface area contributed by atoms with Crippen molar-refractivity contribution in [2.75, 3.05) is 19.4 Å². The molecular formula is C14H18N4O2. The highest BCUT2D eigenvalue weighted by atomic mass is 16.5. The number of anilines is 1. The monoisotopic (exact) mass is 274 g/mol. The van der Waals surface area contributed by atoms with Crippen LogP contribution in [0.25, 0.3) is 0 Å². The summed E-state index contributed by atoms with van der Waals surface area (Å²) in [4.78, 5) is 16.2. The summed E-state index contributed by atoms with van der Waals surface area (Å²) < 4.78 is 6.97. The van der Waals surface area contributed by atoms with Crippen LogP contribution in [0.15, 0.2) is 30.7 Å². The number of carbonyl (C=O) groups excluding carboxylic acids is 1. The molecule has 1 aromatic heterocycles. The van der Waals surface area contributed by atoms with Gasteiger partial charge in [0, 0.05) is 31.8 Å². The van der Waals surface area contributed by atoms with Gasteiger partial charge in [-0.25, -0.2) is 4.98 Å². The van der Waals surface area contributed by atoms with E-state index in [0.717, 1.165) is 5.69 Å². The first-order chi connectivity index (χ1) is 9.60. The molecule has 0 aliphatic rings. The number of hydrogen-bond donors (Lipinski definition) is 2. The summed E-state index contributed by atoms with van der Waals surface area (Å²) in [6.07, 6.45) is 4.36. The molecule has 6 nitrogen and oxygen atoms in total. The predicted octanol–water partition coefficient (Wildman–Crippen LogP) is 0.983. The van der Waals surface area contributed by atoms with Gasteiger partial charge in [0.1, 0.15) is 5.75 Å². The van der Waals surface area contributed by atoms with Crippen molar-refractivity contribution in [3.63, 3.8) is 0 Å². The van der Waals surface area contributed by atoms with Gasteiger partial charge in [-0.3, -0.25) is 4.79 Å². The maximum absolute atomic E-state index is 12.0. The van der Waals surface area contributed by atoms with Gasteiger partial charge in [0.15, 0.2) is 0 Å². The fourth-order valence-electron chi connectivity index (χ4n) is 1.85. The fourth-order valence-corrected chi connectivity index (χ4v) is 1.85. The van der Waals surface area contributed by atoms with Crippen molar-refractivity contribution in [2.24, 2.45) is 7.05 Å². The fraction of sp³-hybridized carbons (Fsp3) is 0.286. The SMILES string of the molecule is COc1cc(C(=O)NCCc2cn(C)cn2)ccc1N. The Balaban J connectivity index is 1.91. The third-order valence-corrected chi connectivity index (χ3v) is 2.92. The molecule has 0 fully saturated rings. The van der Waals surface area contributed by atoms with Crippen LogP contribution < -0.4 is 15.8 Å². The summed E-state index contributed by atoms with van der Waals surface area (Å²) in [5.74, 6) is 0.349. The molecule has 1 amide bonds. The highest BCUT2D eigenvalue weighted by Crippen LogP contribution is 2.21. The van der Waals surface area contributed by atoms with Gasteiger partial charge in [0.25, 0.3) is 5.91 Å². The minimum absolute atomic E-state index is 0.153. The van der Waals surface area contributed by atoms with Crippen LogP contribution in [0.3, 0.4) is 0 Å². The van der Waals surface area contributed by atoms with Crippen LogP contribution in [0, 0.1) is 0 Å². The second-order valence-electron chi connectivity index (χ2n) is 4.49. The van der Waals surface area contributed by atoms with Crippen molar-refractivity contribution < 1.29 is 9.53 Å². The third kappa shape index (κ3) is 3.28. The number of imidazole rings is 1. The minimum atomic E-state index is -0.153. The van der Waals surface area contributed by atoms with Crippen LogP contribution >= 0.6 is 0 Å². The number of amides is 1. The first-order valence-electron chi connectivity index (χ1n) is 6.28. The van der Waals surface area contributed by atoms with E-state index in [1.54, 1.807) is 24.5 Å². The molecule has 0 spiro atoms. The van der Waals surface area contributed by atoms with Crippen LogP contribution in [-0.4, -0.2) is 29.1 Å². The zero-order valence-corrected chi connectivity index (χ0v) is 11.6. The van der Waals surface area contributed by atoms with Gasteiger partial charge in [0.05, 0.1) is 24.8 Å². The van der Waals surface area contributed by atoms with E-state index in [1.165, 1.54) is 7.11 Å². The first kappa shape index (κ1) is 13.9. The molecule has 1 aromatic carbocycles. The molecule has 0 unspecified atom stereocenters. The standard InChI is InChI=1S/C14H18N4O2/c1-18-8-11(17-9-18)5-6-16-14(19)10-3-4-12(15)13(7-10)20-2/h3-4,7-9H,5-6,15H2,1-2H3,(H,16,19). The second-order valence-corrected chi connectivity index (χ2v) is 4.49. The van der Waals surface area contributed by atoms with Crippen LogP contribution in [-0.2, 0) is 13.5 Å². The van der Waals surface area contributed by atoms with E-state index in [1.807, 2.05) is 17.8 Å². The maximum Gasteiger partial charge on any atom is 0.251 e. The lowest BCUT2D eigenvalue weighted by Gasteiger charge is -2.08. The summed E-state index contributed by atoms with van der Waals surface area (Å²) in [5.41, 5.74) is 7.69. The van der Waals surface area contributed by atoms with E-state index in [4.69, 9.17) is 10.5 Å². The minimum Gasteiger partial charge on any atom is -0.495 e. The third-order valence-electron chi connectivity index (χ3n) is 2.92. The van der Waals surface area contributed by atoms with E-state index in [2.05, 4.69) is 10.3 Å². The number of aryl methyl sites for hydroxylation is 1. The zero-order valence-electron chi connectivity index (χ0n) is 11.6. The summed E-state index contributed by atoms with van der Waals surface area (Å²) in [5, 5.41) is 2.84. The van der Waals surface area contributed by atoms with Crippen molar-refractivity contribution in [3.8, 4) is 5.75 Å². The van der Waals surface area contributed by atoms with E-state index < -0.39 is 0 Å². The molecule has 106 valence electrons. The molecule has 3 N–H and O–H groups in total. The second kappa shape index (κ2) is 6.10. The smallest absolute Gasteiger partial charge is 0.251 e. The number of nitrogen functional groups attached to an aromatic ring is 1. The average Bonchev–Trinajstić information content (AvgIpc) is 2.85. The van der Waals surface area contributed by atoms with Crippen molar-refractivity contribution in [2.45, 2.75) is 6.42 Å². The van der Waals surface area contributed by atoms with Gasteiger partial charge in [-0.15, -0.1) is 0 Å². The number of nitrogens with one attached hydrogen (secondary N) is 1. The number of hydrogen-bond acceptors (Lipinski definition) is 4. The van der Waals surface area contributed by atoms with Crippen LogP contribution in [0.4, 0.5) is 5.69 Å². The summed E-state index contributed by atoms with van der Waals surface area (Å²) in [7, 11) is 3.43.